The summed E-state index contributed by atoms with van der Waals surface area (Å²) in [6.45, 7) is 4.82. The predicted molar refractivity (Wildman–Crippen MR) is 119 cm³/mol. The molecule has 0 spiro atoms. The SMILES string of the molecule is CN=C(NCc1cccc(OCC(=O)N(C)C)c1)NCc1nc(C)c(C)o1.I. The number of carbonyl (C=O) groups is 1. The molecule has 0 bridgehead atoms. The van der Waals surface area contributed by atoms with Gasteiger partial charge in [0.1, 0.15) is 11.5 Å². The van der Waals surface area contributed by atoms with Gasteiger partial charge in [-0.25, -0.2) is 4.98 Å². The average molecular weight is 501 g/mol. The summed E-state index contributed by atoms with van der Waals surface area (Å²) in [5, 5.41) is 6.39. The zero-order chi connectivity index (χ0) is 19.8. The summed E-state index contributed by atoms with van der Waals surface area (Å²) in [5.41, 5.74) is 1.90. The Bertz CT molecular complexity index is 785. The number of likely N-dealkylation sites (N-methyl/N-ethyl adjacent to an activating group) is 1. The Morgan fingerprint density at radius 1 is 1.25 bits per heavy atom. The molecule has 2 N–H and O–H groups in total. The van der Waals surface area contributed by atoms with Gasteiger partial charge >= 0.3 is 0 Å². The van der Waals surface area contributed by atoms with Crippen LogP contribution in [0.25, 0.3) is 0 Å². The molecule has 2 aromatic rings. The van der Waals surface area contributed by atoms with Crippen LogP contribution < -0.4 is 15.4 Å². The number of nitrogens with zero attached hydrogens (tertiary/aromatic N) is 3. The lowest BCUT2D eigenvalue weighted by Crippen LogP contribution is -2.36. The number of benzene rings is 1. The summed E-state index contributed by atoms with van der Waals surface area (Å²) in [7, 11) is 5.10. The fourth-order valence-corrected chi connectivity index (χ4v) is 2.20. The maximum absolute atomic E-state index is 11.6. The first-order valence-corrected chi connectivity index (χ1v) is 8.68. The van der Waals surface area contributed by atoms with Crippen molar-refractivity contribution in [3.63, 3.8) is 0 Å². The van der Waals surface area contributed by atoms with E-state index in [0.717, 1.165) is 17.0 Å². The first kappa shape index (κ1) is 23.7. The monoisotopic (exact) mass is 501 g/mol. The minimum atomic E-state index is -0.0832. The van der Waals surface area contributed by atoms with Crippen molar-refractivity contribution in [1.82, 2.24) is 20.5 Å². The topological polar surface area (TPSA) is 92.0 Å². The number of aliphatic imine (C=N–C) groups is 1. The van der Waals surface area contributed by atoms with E-state index in [1.54, 1.807) is 21.1 Å². The van der Waals surface area contributed by atoms with Gasteiger partial charge in [0, 0.05) is 27.7 Å². The van der Waals surface area contributed by atoms with Crippen molar-refractivity contribution in [1.29, 1.82) is 0 Å². The number of amides is 1. The molecule has 1 aromatic heterocycles. The van der Waals surface area contributed by atoms with Crippen LogP contribution in [0.3, 0.4) is 0 Å². The highest BCUT2D eigenvalue weighted by Crippen LogP contribution is 2.13. The molecule has 0 unspecified atom stereocenters. The lowest BCUT2D eigenvalue weighted by atomic mass is 10.2. The fraction of sp³-hybridized carbons (Fsp3) is 0.421. The average Bonchev–Trinajstić information content (AvgIpc) is 2.97. The molecule has 1 amide bonds. The quantitative estimate of drug-likeness (QED) is 0.344. The van der Waals surface area contributed by atoms with Gasteiger partial charge in [-0.2, -0.15) is 0 Å². The molecule has 0 radical (unpaired) electrons. The Hall–Kier alpha value is -2.30. The smallest absolute Gasteiger partial charge is 0.259 e. The number of aryl methyl sites for hydroxylation is 2. The summed E-state index contributed by atoms with van der Waals surface area (Å²) in [4.78, 5) is 21.6. The van der Waals surface area contributed by atoms with Crippen LogP contribution in [-0.4, -0.2) is 49.5 Å². The maximum atomic E-state index is 11.6. The molecule has 0 aliphatic heterocycles. The van der Waals surface area contributed by atoms with E-state index in [4.69, 9.17) is 9.15 Å². The van der Waals surface area contributed by atoms with Crippen LogP contribution in [0.5, 0.6) is 5.75 Å². The summed E-state index contributed by atoms with van der Waals surface area (Å²) >= 11 is 0. The number of nitrogens with one attached hydrogen (secondary N) is 2. The molecule has 9 heteroatoms. The van der Waals surface area contributed by atoms with Gasteiger partial charge in [-0.3, -0.25) is 9.79 Å². The number of ether oxygens (including phenoxy) is 1. The number of hydrogen-bond acceptors (Lipinski definition) is 5. The first-order valence-electron chi connectivity index (χ1n) is 8.68. The van der Waals surface area contributed by atoms with Crippen LogP contribution >= 0.6 is 24.0 Å². The number of hydrogen-bond donors (Lipinski definition) is 2. The molecule has 0 saturated carbocycles. The van der Waals surface area contributed by atoms with E-state index < -0.39 is 0 Å². The van der Waals surface area contributed by atoms with Gasteiger partial charge in [0.2, 0.25) is 5.89 Å². The van der Waals surface area contributed by atoms with Gasteiger partial charge < -0.3 is 24.7 Å². The molecule has 0 aliphatic carbocycles. The molecular formula is C19H28IN5O3. The molecule has 0 aliphatic rings. The fourth-order valence-electron chi connectivity index (χ4n) is 2.20. The molecule has 0 fully saturated rings. The summed E-state index contributed by atoms with van der Waals surface area (Å²) in [6, 6.07) is 7.58. The molecule has 1 aromatic carbocycles. The molecular weight excluding hydrogens is 473 g/mol. The molecule has 8 nitrogen and oxygen atoms in total. The Balaban J connectivity index is 0.00000392. The standard InChI is InChI=1S/C19H27N5O3.HI/c1-13-14(2)27-17(23-13)11-22-19(20-3)21-10-15-7-6-8-16(9-15)26-12-18(25)24(4)5;/h6-9H,10-12H2,1-5H3,(H2,20,21,22);1H. The summed E-state index contributed by atoms with van der Waals surface area (Å²) < 4.78 is 11.1. The molecule has 28 heavy (non-hydrogen) atoms. The van der Waals surface area contributed by atoms with E-state index in [0.29, 0.717) is 30.7 Å². The van der Waals surface area contributed by atoms with Crippen molar-refractivity contribution in [2.75, 3.05) is 27.7 Å². The van der Waals surface area contributed by atoms with Crippen molar-refractivity contribution >= 4 is 35.8 Å². The van der Waals surface area contributed by atoms with E-state index in [-0.39, 0.29) is 36.5 Å². The lowest BCUT2D eigenvalue weighted by Gasteiger charge is -2.13. The number of aromatic nitrogens is 1. The number of carbonyl (C=O) groups excluding carboxylic acids is 1. The number of halogens is 1. The third kappa shape index (κ3) is 7.37. The predicted octanol–water partition coefficient (Wildman–Crippen LogP) is 2.24. The zero-order valence-electron chi connectivity index (χ0n) is 16.9. The van der Waals surface area contributed by atoms with E-state index >= 15 is 0 Å². The van der Waals surface area contributed by atoms with Crippen molar-refractivity contribution in [2.45, 2.75) is 26.9 Å². The summed E-state index contributed by atoms with van der Waals surface area (Å²) in [6.07, 6.45) is 0. The lowest BCUT2D eigenvalue weighted by molar-refractivity contribution is -0.130. The highest BCUT2D eigenvalue weighted by molar-refractivity contribution is 14.0. The van der Waals surface area contributed by atoms with Gasteiger partial charge in [-0.05, 0) is 31.5 Å². The highest BCUT2D eigenvalue weighted by atomic mass is 127. The van der Waals surface area contributed by atoms with Crippen LogP contribution in [0.1, 0.15) is 22.9 Å². The van der Waals surface area contributed by atoms with Gasteiger partial charge in [0.15, 0.2) is 12.6 Å². The van der Waals surface area contributed by atoms with Crippen LogP contribution in [0, 0.1) is 13.8 Å². The Morgan fingerprint density at radius 3 is 2.57 bits per heavy atom. The van der Waals surface area contributed by atoms with Crippen molar-refractivity contribution in [2.24, 2.45) is 4.99 Å². The van der Waals surface area contributed by atoms with Gasteiger partial charge in [0.05, 0.1) is 12.2 Å². The summed E-state index contributed by atoms with van der Waals surface area (Å²) in [5.74, 6) is 2.64. The second kappa shape index (κ2) is 11.5. The second-order valence-electron chi connectivity index (χ2n) is 6.25. The molecule has 2 rings (SSSR count). The van der Waals surface area contributed by atoms with E-state index in [2.05, 4.69) is 20.6 Å². The zero-order valence-corrected chi connectivity index (χ0v) is 19.2. The highest BCUT2D eigenvalue weighted by Gasteiger charge is 2.07. The number of rotatable bonds is 7. The van der Waals surface area contributed by atoms with E-state index in [9.17, 15) is 4.79 Å². The Morgan fingerprint density at radius 2 is 1.96 bits per heavy atom. The third-order valence-electron chi connectivity index (χ3n) is 3.92. The Labute approximate surface area is 182 Å². The minimum Gasteiger partial charge on any atom is -0.484 e. The number of guanidine groups is 1. The molecule has 1 heterocycles. The van der Waals surface area contributed by atoms with Crippen LogP contribution in [-0.2, 0) is 17.9 Å². The van der Waals surface area contributed by atoms with Crippen LogP contribution in [0.4, 0.5) is 0 Å². The number of oxazole rings is 1. The first-order chi connectivity index (χ1) is 12.9. The largest absolute Gasteiger partial charge is 0.484 e. The van der Waals surface area contributed by atoms with Gasteiger partial charge in [-0.1, -0.05) is 12.1 Å². The van der Waals surface area contributed by atoms with E-state index in [1.165, 1.54) is 4.90 Å². The maximum Gasteiger partial charge on any atom is 0.259 e. The van der Waals surface area contributed by atoms with Crippen molar-refractivity contribution in [3.8, 4) is 5.75 Å². The van der Waals surface area contributed by atoms with Gasteiger partial charge in [0.25, 0.3) is 5.91 Å². The third-order valence-corrected chi connectivity index (χ3v) is 3.92. The molecule has 0 atom stereocenters. The van der Waals surface area contributed by atoms with E-state index in [1.807, 2.05) is 38.1 Å². The van der Waals surface area contributed by atoms with Gasteiger partial charge in [-0.15, -0.1) is 24.0 Å². The van der Waals surface area contributed by atoms with Crippen molar-refractivity contribution in [3.05, 3.63) is 47.2 Å². The normalized spacial score (nSPS) is 10.8. The van der Waals surface area contributed by atoms with Crippen molar-refractivity contribution < 1.29 is 13.9 Å². The molecule has 0 saturated heterocycles. The molecule has 154 valence electrons. The minimum absolute atomic E-state index is 0. The Kier molecular flexibility index (Phi) is 9.77. The van der Waals surface area contributed by atoms with Crippen LogP contribution in [0.15, 0.2) is 33.7 Å². The van der Waals surface area contributed by atoms with Crippen LogP contribution in [0.2, 0.25) is 0 Å². The second-order valence-corrected chi connectivity index (χ2v) is 6.25.